The summed E-state index contributed by atoms with van der Waals surface area (Å²) < 4.78 is 29.0. The summed E-state index contributed by atoms with van der Waals surface area (Å²) in [6.45, 7) is 9.64. The van der Waals surface area contributed by atoms with Gasteiger partial charge in [-0.25, -0.2) is 8.42 Å². The minimum absolute atomic E-state index is 0.236. The molecule has 29 heavy (non-hydrogen) atoms. The molecule has 0 heterocycles. The minimum atomic E-state index is -3.85. The molecule has 0 aliphatic heterocycles. The van der Waals surface area contributed by atoms with Crippen LogP contribution >= 0.6 is 0 Å². The average molecular weight is 414 g/mol. The first-order valence-corrected chi connectivity index (χ1v) is 11.4. The van der Waals surface area contributed by atoms with Gasteiger partial charge in [-0.3, -0.25) is 4.79 Å². The second kappa shape index (κ2) is 9.99. The molecule has 2 aromatic carbocycles. The van der Waals surface area contributed by atoms with Crippen LogP contribution in [0.4, 0.5) is 0 Å². The largest absolute Gasteiger partial charge is 0.293 e. The van der Waals surface area contributed by atoms with Gasteiger partial charge in [-0.15, -0.1) is 0 Å². The molecule has 2 rings (SSSR count). The van der Waals surface area contributed by atoms with Gasteiger partial charge in [-0.2, -0.15) is 4.72 Å². The van der Waals surface area contributed by atoms with Crippen molar-refractivity contribution in [2.75, 3.05) is 0 Å². The van der Waals surface area contributed by atoms with Crippen LogP contribution in [0.3, 0.4) is 0 Å². The summed E-state index contributed by atoms with van der Waals surface area (Å²) in [5, 5.41) is 0. The standard InChI is InChI=1S/C24H31NO3S/c1-17(2)10-9-13-23(26)22(16-21-11-7-6-8-12-21)25-29(27,28)24-19(4)14-18(3)15-20(24)5/h6-9,11-15,17,22,25H,10,16H2,1-5H3/b13-9+/t22-/m0/s1. The number of nitrogens with one attached hydrogen (secondary N) is 1. The Kier molecular flexibility index (Phi) is 7.94. The summed E-state index contributed by atoms with van der Waals surface area (Å²) in [4.78, 5) is 13.1. The molecule has 0 saturated carbocycles. The number of allylic oxidation sites excluding steroid dienone is 1. The van der Waals surface area contributed by atoms with Crippen molar-refractivity contribution in [3.8, 4) is 0 Å². The van der Waals surface area contributed by atoms with E-state index in [4.69, 9.17) is 0 Å². The Morgan fingerprint density at radius 1 is 1.03 bits per heavy atom. The molecular weight excluding hydrogens is 382 g/mol. The topological polar surface area (TPSA) is 63.2 Å². The Morgan fingerprint density at radius 2 is 1.62 bits per heavy atom. The maximum Gasteiger partial charge on any atom is 0.241 e. The fraction of sp³-hybridized carbons (Fsp3) is 0.375. The zero-order valence-electron chi connectivity index (χ0n) is 17.9. The molecule has 0 bridgehead atoms. The zero-order chi connectivity index (χ0) is 21.6. The highest BCUT2D eigenvalue weighted by Crippen LogP contribution is 2.22. The van der Waals surface area contributed by atoms with Crippen LogP contribution in [0.5, 0.6) is 0 Å². The summed E-state index contributed by atoms with van der Waals surface area (Å²) in [5.41, 5.74) is 3.27. The molecule has 0 amide bonds. The fourth-order valence-corrected chi connectivity index (χ4v) is 5.12. The van der Waals surface area contributed by atoms with E-state index in [1.807, 2.05) is 55.5 Å². The monoisotopic (exact) mass is 413 g/mol. The van der Waals surface area contributed by atoms with Crippen molar-refractivity contribution in [3.05, 3.63) is 76.9 Å². The number of rotatable bonds is 9. The zero-order valence-corrected chi connectivity index (χ0v) is 18.7. The predicted molar refractivity (Wildman–Crippen MR) is 119 cm³/mol. The molecule has 2 aromatic rings. The van der Waals surface area contributed by atoms with Crippen LogP contribution < -0.4 is 4.72 Å². The van der Waals surface area contributed by atoms with Gasteiger partial charge in [0, 0.05) is 0 Å². The van der Waals surface area contributed by atoms with Gasteiger partial charge in [0.15, 0.2) is 5.78 Å². The highest BCUT2D eigenvalue weighted by molar-refractivity contribution is 7.89. The van der Waals surface area contributed by atoms with Crippen molar-refractivity contribution in [1.29, 1.82) is 0 Å². The van der Waals surface area contributed by atoms with Crippen molar-refractivity contribution < 1.29 is 13.2 Å². The lowest BCUT2D eigenvalue weighted by Crippen LogP contribution is -2.42. The summed E-state index contributed by atoms with van der Waals surface area (Å²) in [6, 6.07) is 12.3. The first-order valence-electron chi connectivity index (χ1n) is 9.94. The number of sulfonamides is 1. The van der Waals surface area contributed by atoms with Crippen LogP contribution in [-0.2, 0) is 21.2 Å². The maximum atomic E-state index is 13.2. The summed E-state index contributed by atoms with van der Waals surface area (Å²) >= 11 is 0. The van der Waals surface area contributed by atoms with Crippen molar-refractivity contribution in [2.24, 2.45) is 5.92 Å². The fourth-order valence-electron chi connectivity index (χ4n) is 3.46. The Hall–Kier alpha value is -2.24. The van der Waals surface area contributed by atoms with E-state index in [0.29, 0.717) is 23.5 Å². The second-order valence-corrected chi connectivity index (χ2v) is 9.68. The molecule has 0 aromatic heterocycles. The number of carbonyl (C=O) groups is 1. The molecule has 0 radical (unpaired) electrons. The third kappa shape index (κ3) is 6.65. The highest BCUT2D eigenvalue weighted by Gasteiger charge is 2.27. The number of carbonyl (C=O) groups excluding carboxylic acids is 1. The van der Waals surface area contributed by atoms with Gasteiger partial charge in [-0.05, 0) is 62.3 Å². The second-order valence-electron chi connectivity index (χ2n) is 8.03. The first kappa shape index (κ1) is 23.0. The molecule has 1 N–H and O–H groups in total. The van der Waals surface area contributed by atoms with Crippen LogP contribution in [0.1, 0.15) is 42.5 Å². The number of benzene rings is 2. The van der Waals surface area contributed by atoms with Crippen molar-refractivity contribution in [3.63, 3.8) is 0 Å². The van der Waals surface area contributed by atoms with E-state index in [-0.39, 0.29) is 10.7 Å². The van der Waals surface area contributed by atoms with Gasteiger partial charge >= 0.3 is 0 Å². The molecule has 0 saturated heterocycles. The molecule has 0 unspecified atom stereocenters. The van der Waals surface area contributed by atoms with Crippen molar-refractivity contribution in [2.45, 2.75) is 58.4 Å². The lowest BCUT2D eigenvalue weighted by molar-refractivity contribution is -0.116. The Bertz CT molecular complexity index is 953. The maximum absolute atomic E-state index is 13.2. The third-order valence-corrected chi connectivity index (χ3v) is 6.46. The van der Waals surface area contributed by atoms with Crippen LogP contribution in [0.2, 0.25) is 0 Å². The summed E-state index contributed by atoms with van der Waals surface area (Å²) in [7, 11) is -3.85. The van der Waals surface area contributed by atoms with Gasteiger partial charge in [0.05, 0.1) is 10.9 Å². The lowest BCUT2D eigenvalue weighted by Gasteiger charge is -2.19. The third-order valence-electron chi connectivity index (χ3n) is 4.69. The van der Waals surface area contributed by atoms with E-state index in [0.717, 1.165) is 17.5 Å². The molecule has 0 aliphatic rings. The van der Waals surface area contributed by atoms with Crippen molar-refractivity contribution in [1.82, 2.24) is 4.72 Å². The molecule has 1 atom stereocenters. The van der Waals surface area contributed by atoms with Gasteiger partial charge in [0.25, 0.3) is 0 Å². The molecule has 0 fully saturated rings. The van der Waals surface area contributed by atoms with Gasteiger partial charge in [0.1, 0.15) is 0 Å². The average Bonchev–Trinajstić information content (AvgIpc) is 2.60. The molecule has 5 heteroatoms. The highest BCUT2D eigenvalue weighted by atomic mass is 32.2. The van der Waals surface area contributed by atoms with E-state index in [1.165, 1.54) is 6.08 Å². The van der Waals surface area contributed by atoms with Gasteiger partial charge in [-0.1, -0.05) is 68.0 Å². The first-order chi connectivity index (χ1) is 13.6. The van der Waals surface area contributed by atoms with Crippen molar-refractivity contribution >= 4 is 15.8 Å². The number of hydrogen-bond acceptors (Lipinski definition) is 3. The van der Waals surface area contributed by atoms with E-state index < -0.39 is 16.1 Å². The molecular formula is C24H31NO3S. The molecule has 0 aliphatic carbocycles. The Balaban J connectivity index is 2.35. The van der Waals surface area contributed by atoms with Gasteiger partial charge < -0.3 is 0 Å². The van der Waals surface area contributed by atoms with E-state index in [2.05, 4.69) is 18.6 Å². The number of hydrogen-bond donors (Lipinski definition) is 1. The Labute approximate surface area is 175 Å². The molecule has 156 valence electrons. The van der Waals surface area contributed by atoms with Crippen LogP contribution in [-0.4, -0.2) is 20.2 Å². The van der Waals surface area contributed by atoms with Crippen LogP contribution in [0, 0.1) is 26.7 Å². The number of aryl methyl sites for hydroxylation is 3. The molecule has 0 spiro atoms. The SMILES string of the molecule is Cc1cc(C)c(S(=O)(=O)N[C@@H](Cc2ccccc2)C(=O)/C=C/CC(C)C)c(C)c1. The smallest absolute Gasteiger partial charge is 0.241 e. The quantitative estimate of drug-likeness (QED) is 0.608. The lowest BCUT2D eigenvalue weighted by atomic mass is 10.0. The van der Waals surface area contributed by atoms with Gasteiger partial charge in [0.2, 0.25) is 10.0 Å². The molecule has 4 nitrogen and oxygen atoms in total. The van der Waals surface area contributed by atoms with Crippen LogP contribution in [0.15, 0.2) is 59.5 Å². The number of ketones is 1. The summed E-state index contributed by atoms with van der Waals surface area (Å²) in [5.74, 6) is 0.196. The summed E-state index contributed by atoms with van der Waals surface area (Å²) in [6.07, 6.45) is 4.40. The predicted octanol–water partition coefficient (Wildman–Crippen LogP) is 4.67. The Morgan fingerprint density at radius 3 is 2.17 bits per heavy atom. The minimum Gasteiger partial charge on any atom is -0.293 e. The van der Waals surface area contributed by atoms with E-state index in [9.17, 15) is 13.2 Å². The normalized spacial score (nSPS) is 13.2. The van der Waals surface area contributed by atoms with E-state index in [1.54, 1.807) is 13.8 Å². The van der Waals surface area contributed by atoms with Crippen LogP contribution in [0.25, 0.3) is 0 Å². The van der Waals surface area contributed by atoms with E-state index >= 15 is 0 Å².